The summed E-state index contributed by atoms with van der Waals surface area (Å²) in [4.78, 5) is 15.1. The lowest BCUT2D eigenvalue weighted by atomic mass is 9.85. The van der Waals surface area contributed by atoms with Gasteiger partial charge in [0.15, 0.2) is 11.5 Å². The first-order chi connectivity index (χ1) is 12.7. The molecule has 1 aromatic carbocycles. The van der Waals surface area contributed by atoms with E-state index in [0.29, 0.717) is 37.4 Å². The second-order valence-corrected chi connectivity index (χ2v) is 7.94. The summed E-state index contributed by atoms with van der Waals surface area (Å²) in [5.41, 5.74) is 1.17. The van der Waals surface area contributed by atoms with Gasteiger partial charge in [0.2, 0.25) is 5.91 Å². The van der Waals surface area contributed by atoms with Crippen molar-refractivity contribution in [3.8, 4) is 11.5 Å². The van der Waals surface area contributed by atoms with Crippen LogP contribution in [0.1, 0.15) is 50.6 Å². The Morgan fingerprint density at radius 2 is 2.08 bits per heavy atom. The van der Waals surface area contributed by atoms with E-state index in [1.807, 2.05) is 6.07 Å². The molecule has 5 nitrogen and oxygen atoms in total. The van der Waals surface area contributed by atoms with Gasteiger partial charge in [-0.05, 0) is 68.3 Å². The number of fused-ring (bicyclic) bond motifs is 1. The quantitative estimate of drug-likeness (QED) is 0.898. The zero-order valence-electron chi connectivity index (χ0n) is 15.7. The Balaban J connectivity index is 1.43. The van der Waals surface area contributed by atoms with Crippen LogP contribution in [0.3, 0.4) is 0 Å². The molecule has 0 saturated carbocycles. The average molecular weight is 358 g/mol. The van der Waals surface area contributed by atoms with E-state index in [-0.39, 0.29) is 6.04 Å². The van der Waals surface area contributed by atoms with E-state index in [1.165, 1.54) is 18.4 Å². The fourth-order valence-electron chi connectivity index (χ4n) is 4.60. The summed E-state index contributed by atoms with van der Waals surface area (Å²) < 4.78 is 11.4. The van der Waals surface area contributed by atoms with Gasteiger partial charge in [0.05, 0.1) is 6.04 Å². The summed E-state index contributed by atoms with van der Waals surface area (Å²) in [7, 11) is 0. The molecule has 142 valence electrons. The maximum atomic E-state index is 13.0. The van der Waals surface area contributed by atoms with Crippen molar-refractivity contribution in [2.24, 2.45) is 11.8 Å². The third-order valence-corrected chi connectivity index (χ3v) is 6.16. The molecule has 3 unspecified atom stereocenters. The smallest absolute Gasteiger partial charge is 0.223 e. The number of likely N-dealkylation sites (tertiary alicyclic amines) is 1. The number of carbonyl (C=O) groups is 1. The summed E-state index contributed by atoms with van der Waals surface area (Å²) in [6, 6.07) is 6.33. The van der Waals surface area contributed by atoms with Crippen molar-refractivity contribution in [1.82, 2.24) is 10.2 Å². The van der Waals surface area contributed by atoms with Gasteiger partial charge in [-0.25, -0.2) is 0 Å². The first kappa shape index (κ1) is 17.7. The number of benzene rings is 1. The fraction of sp³-hybridized carbons (Fsp3) is 0.667. The lowest BCUT2D eigenvalue weighted by molar-refractivity contribution is -0.133. The number of nitrogens with zero attached hydrogens (tertiary/aromatic N) is 1. The monoisotopic (exact) mass is 358 g/mol. The molecule has 2 saturated heterocycles. The van der Waals surface area contributed by atoms with Crippen molar-refractivity contribution in [1.29, 1.82) is 0 Å². The van der Waals surface area contributed by atoms with Crippen molar-refractivity contribution in [2.45, 2.75) is 45.1 Å². The van der Waals surface area contributed by atoms with Gasteiger partial charge in [0.25, 0.3) is 0 Å². The van der Waals surface area contributed by atoms with Crippen molar-refractivity contribution >= 4 is 5.91 Å². The van der Waals surface area contributed by atoms with Crippen LogP contribution in [0.4, 0.5) is 0 Å². The molecule has 0 radical (unpaired) electrons. The van der Waals surface area contributed by atoms with Gasteiger partial charge in [0.1, 0.15) is 13.2 Å². The number of amides is 1. The summed E-state index contributed by atoms with van der Waals surface area (Å²) in [5.74, 6) is 3.00. The van der Waals surface area contributed by atoms with Crippen LogP contribution in [-0.4, -0.2) is 43.7 Å². The highest BCUT2D eigenvalue weighted by molar-refractivity contribution is 5.77. The van der Waals surface area contributed by atoms with Gasteiger partial charge in [-0.2, -0.15) is 0 Å². The van der Waals surface area contributed by atoms with Gasteiger partial charge in [-0.1, -0.05) is 13.0 Å². The van der Waals surface area contributed by atoms with E-state index in [9.17, 15) is 4.79 Å². The molecule has 3 atom stereocenters. The molecule has 2 fully saturated rings. The predicted molar refractivity (Wildman–Crippen MR) is 100 cm³/mol. The van der Waals surface area contributed by atoms with Crippen LogP contribution in [0.15, 0.2) is 18.2 Å². The Kier molecular flexibility index (Phi) is 5.34. The number of hydrogen-bond donors (Lipinski definition) is 1. The number of ether oxygens (including phenoxy) is 2. The second-order valence-electron chi connectivity index (χ2n) is 7.94. The summed E-state index contributed by atoms with van der Waals surface area (Å²) in [6.07, 6.45) is 5.24. The van der Waals surface area contributed by atoms with Crippen LogP contribution >= 0.6 is 0 Å². The molecule has 3 heterocycles. The molecule has 1 amide bonds. The van der Waals surface area contributed by atoms with Gasteiger partial charge < -0.3 is 19.7 Å². The van der Waals surface area contributed by atoms with E-state index in [4.69, 9.17) is 9.47 Å². The number of piperidine rings is 1. The third-order valence-electron chi connectivity index (χ3n) is 6.16. The molecule has 26 heavy (non-hydrogen) atoms. The molecule has 0 bridgehead atoms. The molecular weight excluding hydrogens is 328 g/mol. The minimum atomic E-state index is 0.176. The van der Waals surface area contributed by atoms with Gasteiger partial charge >= 0.3 is 0 Å². The van der Waals surface area contributed by atoms with Crippen molar-refractivity contribution in [3.05, 3.63) is 23.8 Å². The van der Waals surface area contributed by atoms with E-state index >= 15 is 0 Å². The Labute approximate surface area is 156 Å². The zero-order chi connectivity index (χ0) is 17.9. The molecule has 1 aromatic rings. The largest absolute Gasteiger partial charge is 0.486 e. The van der Waals surface area contributed by atoms with Crippen LogP contribution in [0.2, 0.25) is 0 Å². The van der Waals surface area contributed by atoms with Crippen molar-refractivity contribution < 1.29 is 14.3 Å². The van der Waals surface area contributed by atoms with Crippen molar-refractivity contribution in [3.63, 3.8) is 0 Å². The molecule has 0 aliphatic carbocycles. The van der Waals surface area contributed by atoms with Gasteiger partial charge in [-0.3, -0.25) is 4.79 Å². The highest BCUT2D eigenvalue weighted by Gasteiger charge is 2.32. The van der Waals surface area contributed by atoms with Crippen LogP contribution < -0.4 is 14.8 Å². The molecular formula is C21H30N2O3. The standard InChI is InChI=1S/C21H30N2O3/c1-15(17-4-2-8-22-14-17)12-21(24)23-9-3-5-18(23)16-6-7-19-20(13-16)26-11-10-25-19/h6-7,13,15,17-18,22H,2-5,8-12,14H2,1H3. The van der Waals surface area contributed by atoms with Crippen LogP contribution in [0, 0.1) is 11.8 Å². The first-order valence-corrected chi connectivity index (χ1v) is 10.1. The SMILES string of the molecule is CC(CC(=O)N1CCCC1c1ccc2c(c1)OCCO2)C1CCCNC1. The average Bonchev–Trinajstić information content (AvgIpc) is 3.18. The minimum absolute atomic E-state index is 0.176. The lowest BCUT2D eigenvalue weighted by Crippen LogP contribution is -2.37. The molecule has 5 heteroatoms. The molecule has 0 spiro atoms. The summed E-state index contributed by atoms with van der Waals surface area (Å²) in [5, 5.41) is 3.47. The molecule has 3 aliphatic heterocycles. The summed E-state index contributed by atoms with van der Waals surface area (Å²) in [6.45, 7) is 6.48. The molecule has 4 rings (SSSR count). The number of carbonyl (C=O) groups excluding carboxylic acids is 1. The topological polar surface area (TPSA) is 50.8 Å². The Bertz CT molecular complexity index is 642. The Hall–Kier alpha value is -1.75. The Morgan fingerprint density at radius 3 is 2.88 bits per heavy atom. The second kappa shape index (κ2) is 7.87. The van der Waals surface area contributed by atoms with E-state index in [2.05, 4.69) is 29.3 Å². The normalized spacial score (nSPS) is 26.6. The number of hydrogen-bond acceptors (Lipinski definition) is 4. The fourth-order valence-corrected chi connectivity index (χ4v) is 4.60. The molecule has 1 N–H and O–H groups in total. The van der Waals surface area contributed by atoms with Crippen LogP contribution in [-0.2, 0) is 4.79 Å². The van der Waals surface area contributed by atoms with E-state index in [1.54, 1.807) is 0 Å². The maximum absolute atomic E-state index is 13.0. The number of rotatable bonds is 4. The Morgan fingerprint density at radius 1 is 1.23 bits per heavy atom. The van der Waals surface area contributed by atoms with Gasteiger partial charge in [0, 0.05) is 13.0 Å². The van der Waals surface area contributed by atoms with Crippen molar-refractivity contribution in [2.75, 3.05) is 32.8 Å². The number of nitrogens with one attached hydrogen (secondary N) is 1. The van der Waals surface area contributed by atoms with Gasteiger partial charge in [-0.15, -0.1) is 0 Å². The molecule has 0 aromatic heterocycles. The van der Waals surface area contributed by atoms with Crippen LogP contribution in [0.5, 0.6) is 11.5 Å². The van der Waals surface area contributed by atoms with E-state index < -0.39 is 0 Å². The minimum Gasteiger partial charge on any atom is -0.486 e. The third kappa shape index (κ3) is 3.68. The first-order valence-electron chi connectivity index (χ1n) is 10.1. The highest BCUT2D eigenvalue weighted by Crippen LogP contribution is 2.38. The van der Waals surface area contributed by atoms with Crippen LogP contribution in [0.25, 0.3) is 0 Å². The highest BCUT2D eigenvalue weighted by atomic mass is 16.6. The maximum Gasteiger partial charge on any atom is 0.223 e. The van der Waals surface area contributed by atoms with E-state index in [0.717, 1.165) is 44.0 Å². The lowest BCUT2D eigenvalue weighted by Gasteiger charge is -2.31. The summed E-state index contributed by atoms with van der Waals surface area (Å²) >= 11 is 0. The predicted octanol–water partition coefficient (Wildman–Crippen LogP) is 3.15. The zero-order valence-corrected chi connectivity index (χ0v) is 15.7. The molecule has 3 aliphatic rings.